The lowest BCUT2D eigenvalue weighted by Crippen LogP contribution is -2.51. The molecule has 2 N–H and O–H groups in total. The van der Waals surface area contributed by atoms with Crippen LogP contribution in [0.5, 0.6) is 0 Å². The van der Waals surface area contributed by atoms with Gasteiger partial charge in [-0.05, 0) is 44.2 Å². The van der Waals surface area contributed by atoms with Crippen LogP contribution in [-0.2, 0) is 9.59 Å². The normalized spacial score (nSPS) is 24.3. The number of carbonyl (C=O) groups is 2. The molecule has 0 aromatic heterocycles. The molecule has 1 unspecified atom stereocenters. The minimum absolute atomic E-state index is 0.101. The second-order valence-electron chi connectivity index (χ2n) is 5.88. The van der Waals surface area contributed by atoms with Crippen LogP contribution in [0.25, 0.3) is 0 Å². The molecule has 3 rings (SSSR count). The Hall–Kier alpha value is -1.88. The summed E-state index contributed by atoms with van der Waals surface area (Å²) in [6, 6.07) is 8.91. The summed E-state index contributed by atoms with van der Waals surface area (Å²) in [6.07, 6.45) is 3.27. The van der Waals surface area contributed by atoms with Crippen molar-refractivity contribution >= 4 is 17.5 Å². The maximum Gasteiger partial charge on any atom is 0.252 e. The zero-order valence-electron chi connectivity index (χ0n) is 11.9. The Balaban J connectivity index is 1.66. The standard InChI is InChI=1S/C16H20N2O3/c19-14-13(17-15(20)16(21)9-4-5-10-16)8-11-18(14)12-6-2-1-3-7-12/h1-3,6-7,13,21H,4-5,8-11H2,(H,17,20). The molecule has 1 aromatic rings. The summed E-state index contributed by atoms with van der Waals surface area (Å²) >= 11 is 0. The Labute approximate surface area is 123 Å². The molecule has 1 atom stereocenters. The molecule has 1 aromatic carbocycles. The first kappa shape index (κ1) is 14.1. The van der Waals surface area contributed by atoms with Crippen LogP contribution in [0.4, 0.5) is 5.69 Å². The second kappa shape index (κ2) is 5.48. The van der Waals surface area contributed by atoms with Crippen molar-refractivity contribution < 1.29 is 14.7 Å². The van der Waals surface area contributed by atoms with Gasteiger partial charge in [-0.2, -0.15) is 0 Å². The van der Waals surface area contributed by atoms with E-state index < -0.39 is 17.6 Å². The Morgan fingerprint density at radius 2 is 1.90 bits per heavy atom. The molecule has 0 spiro atoms. The molecule has 2 fully saturated rings. The van der Waals surface area contributed by atoms with Crippen LogP contribution < -0.4 is 10.2 Å². The molecule has 2 aliphatic rings. The summed E-state index contributed by atoms with van der Waals surface area (Å²) in [6.45, 7) is 0.590. The second-order valence-corrected chi connectivity index (χ2v) is 5.88. The van der Waals surface area contributed by atoms with Crippen molar-refractivity contribution in [3.05, 3.63) is 30.3 Å². The van der Waals surface area contributed by atoms with Crippen molar-refractivity contribution in [1.82, 2.24) is 5.32 Å². The van der Waals surface area contributed by atoms with E-state index in [4.69, 9.17) is 0 Å². The fraction of sp³-hybridized carbons (Fsp3) is 0.500. The first-order valence-electron chi connectivity index (χ1n) is 7.50. The van der Waals surface area contributed by atoms with Gasteiger partial charge in [0.15, 0.2) is 0 Å². The van der Waals surface area contributed by atoms with Crippen molar-refractivity contribution in [2.75, 3.05) is 11.4 Å². The summed E-state index contributed by atoms with van der Waals surface area (Å²) in [5.41, 5.74) is -0.431. The van der Waals surface area contributed by atoms with Crippen LogP contribution >= 0.6 is 0 Å². The first-order valence-corrected chi connectivity index (χ1v) is 7.50. The van der Waals surface area contributed by atoms with Gasteiger partial charge in [0.2, 0.25) is 5.91 Å². The van der Waals surface area contributed by atoms with E-state index in [0.717, 1.165) is 18.5 Å². The van der Waals surface area contributed by atoms with Gasteiger partial charge in [0.05, 0.1) is 0 Å². The summed E-state index contributed by atoms with van der Waals surface area (Å²) in [7, 11) is 0. The Kier molecular flexibility index (Phi) is 3.68. The van der Waals surface area contributed by atoms with E-state index >= 15 is 0 Å². The molecule has 5 heteroatoms. The lowest BCUT2D eigenvalue weighted by atomic mass is 10.0. The maximum absolute atomic E-state index is 12.4. The number of benzene rings is 1. The molecule has 112 valence electrons. The highest BCUT2D eigenvalue weighted by molar-refractivity contribution is 6.02. The van der Waals surface area contributed by atoms with Gasteiger partial charge in [-0.15, -0.1) is 0 Å². The predicted octanol–water partition coefficient (Wildman–Crippen LogP) is 1.21. The zero-order valence-corrected chi connectivity index (χ0v) is 11.9. The zero-order chi connectivity index (χ0) is 14.9. The lowest BCUT2D eigenvalue weighted by molar-refractivity contribution is -0.141. The highest BCUT2D eigenvalue weighted by atomic mass is 16.3. The van der Waals surface area contributed by atoms with Crippen LogP contribution in [0.3, 0.4) is 0 Å². The molecule has 1 aliphatic carbocycles. The van der Waals surface area contributed by atoms with Crippen molar-refractivity contribution in [3.8, 4) is 0 Å². The third kappa shape index (κ3) is 2.65. The number of carbonyl (C=O) groups excluding carboxylic acids is 2. The highest BCUT2D eigenvalue weighted by Gasteiger charge is 2.42. The van der Waals surface area contributed by atoms with E-state index in [0.29, 0.717) is 25.8 Å². The van der Waals surface area contributed by atoms with E-state index in [1.165, 1.54) is 0 Å². The number of nitrogens with one attached hydrogen (secondary N) is 1. The van der Waals surface area contributed by atoms with Crippen LogP contribution in [0, 0.1) is 0 Å². The van der Waals surface area contributed by atoms with Gasteiger partial charge < -0.3 is 15.3 Å². The van der Waals surface area contributed by atoms with Crippen LogP contribution in [0.2, 0.25) is 0 Å². The van der Waals surface area contributed by atoms with Gasteiger partial charge in [-0.1, -0.05) is 18.2 Å². The van der Waals surface area contributed by atoms with Gasteiger partial charge in [0.1, 0.15) is 11.6 Å². The summed E-state index contributed by atoms with van der Waals surface area (Å²) in [5, 5.41) is 13.0. The molecule has 1 saturated carbocycles. The number of rotatable bonds is 3. The van der Waals surface area contributed by atoms with Gasteiger partial charge in [0.25, 0.3) is 5.91 Å². The highest BCUT2D eigenvalue weighted by Crippen LogP contribution is 2.30. The topological polar surface area (TPSA) is 69.6 Å². The molecule has 0 bridgehead atoms. The Morgan fingerprint density at radius 3 is 2.57 bits per heavy atom. The van der Waals surface area contributed by atoms with Crippen molar-refractivity contribution in [2.45, 2.75) is 43.7 Å². The largest absolute Gasteiger partial charge is 0.380 e. The number of hydrogen-bond acceptors (Lipinski definition) is 3. The van der Waals surface area contributed by atoms with Crippen LogP contribution in [0.15, 0.2) is 30.3 Å². The minimum Gasteiger partial charge on any atom is -0.380 e. The molecule has 1 aliphatic heterocycles. The molecule has 21 heavy (non-hydrogen) atoms. The van der Waals surface area contributed by atoms with E-state index in [2.05, 4.69) is 5.32 Å². The summed E-state index contributed by atoms with van der Waals surface area (Å²) < 4.78 is 0. The van der Waals surface area contributed by atoms with Gasteiger partial charge in [-0.25, -0.2) is 0 Å². The average molecular weight is 288 g/mol. The number of nitrogens with zero attached hydrogens (tertiary/aromatic N) is 1. The van der Waals surface area contributed by atoms with Gasteiger partial charge >= 0.3 is 0 Å². The molecule has 2 amide bonds. The number of para-hydroxylation sites is 1. The third-order valence-electron chi connectivity index (χ3n) is 4.43. The van der Waals surface area contributed by atoms with Crippen molar-refractivity contribution in [2.24, 2.45) is 0 Å². The first-order chi connectivity index (χ1) is 10.1. The number of anilines is 1. The lowest BCUT2D eigenvalue weighted by Gasteiger charge is -2.23. The Morgan fingerprint density at radius 1 is 1.24 bits per heavy atom. The number of amides is 2. The van der Waals surface area contributed by atoms with E-state index in [1.807, 2.05) is 30.3 Å². The van der Waals surface area contributed by atoms with E-state index in [1.54, 1.807) is 4.90 Å². The predicted molar refractivity (Wildman–Crippen MR) is 78.8 cm³/mol. The molecule has 1 saturated heterocycles. The maximum atomic E-state index is 12.4. The van der Waals surface area contributed by atoms with E-state index in [-0.39, 0.29) is 5.91 Å². The van der Waals surface area contributed by atoms with Crippen LogP contribution in [-0.4, -0.2) is 35.1 Å². The van der Waals surface area contributed by atoms with Gasteiger partial charge in [0, 0.05) is 12.2 Å². The quantitative estimate of drug-likeness (QED) is 0.878. The average Bonchev–Trinajstić information content (AvgIpc) is 3.08. The molecular formula is C16H20N2O3. The van der Waals surface area contributed by atoms with Gasteiger partial charge in [-0.3, -0.25) is 9.59 Å². The SMILES string of the molecule is O=C1C(NC(=O)C2(O)CCCC2)CCN1c1ccccc1. The molecule has 5 nitrogen and oxygen atoms in total. The molecular weight excluding hydrogens is 268 g/mol. The number of aliphatic hydroxyl groups is 1. The third-order valence-corrected chi connectivity index (χ3v) is 4.43. The molecule has 1 heterocycles. The fourth-order valence-electron chi connectivity index (χ4n) is 3.16. The minimum atomic E-state index is -1.28. The summed E-state index contributed by atoms with van der Waals surface area (Å²) in [4.78, 5) is 26.3. The van der Waals surface area contributed by atoms with Crippen LogP contribution in [0.1, 0.15) is 32.1 Å². The number of hydrogen-bond donors (Lipinski definition) is 2. The monoisotopic (exact) mass is 288 g/mol. The van der Waals surface area contributed by atoms with Crippen molar-refractivity contribution in [1.29, 1.82) is 0 Å². The van der Waals surface area contributed by atoms with E-state index in [9.17, 15) is 14.7 Å². The molecule has 0 radical (unpaired) electrons. The fourth-order valence-corrected chi connectivity index (χ4v) is 3.16. The summed E-state index contributed by atoms with van der Waals surface area (Å²) in [5.74, 6) is -0.496. The smallest absolute Gasteiger partial charge is 0.252 e. The van der Waals surface area contributed by atoms with Crippen molar-refractivity contribution in [3.63, 3.8) is 0 Å². The Bertz CT molecular complexity index is 538.